The van der Waals surface area contributed by atoms with E-state index in [-0.39, 0.29) is 17.8 Å². The van der Waals surface area contributed by atoms with Crippen molar-refractivity contribution in [3.05, 3.63) is 81.5 Å². The minimum absolute atomic E-state index is 0.0598. The topological polar surface area (TPSA) is 59.0 Å². The van der Waals surface area contributed by atoms with Gasteiger partial charge in [-0.25, -0.2) is 9.79 Å². The molecule has 0 bridgehead atoms. The highest BCUT2D eigenvalue weighted by Crippen LogP contribution is 2.44. The fourth-order valence-corrected chi connectivity index (χ4v) is 4.99. The van der Waals surface area contributed by atoms with E-state index in [9.17, 15) is 9.59 Å². The first-order valence-electron chi connectivity index (χ1n) is 9.22. The van der Waals surface area contributed by atoms with E-state index in [0.29, 0.717) is 16.4 Å². The SMILES string of the molecule is CC1=C(C(=O)OCc2ccccc2)[C@H](c2ccccc2Br)N2C(=O)[C@H](C)SC2=N1. The molecule has 2 aliphatic heterocycles. The second-order valence-corrected chi connectivity index (χ2v) is 9.01. The molecule has 0 radical (unpaired) electrons. The Balaban J connectivity index is 1.73. The van der Waals surface area contributed by atoms with Gasteiger partial charge in [0.1, 0.15) is 6.61 Å². The number of hydrogen-bond donors (Lipinski definition) is 0. The van der Waals surface area contributed by atoms with Crippen molar-refractivity contribution >= 4 is 44.7 Å². The molecule has 4 rings (SSSR count). The molecule has 2 aromatic rings. The summed E-state index contributed by atoms with van der Waals surface area (Å²) in [5, 5.41) is 0.381. The number of amides is 1. The number of aliphatic imine (C=N–C) groups is 1. The molecule has 0 saturated carbocycles. The number of amidine groups is 1. The van der Waals surface area contributed by atoms with Gasteiger partial charge in [-0.3, -0.25) is 9.69 Å². The zero-order valence-corrected chi connectivity index (χ0v) is 18.4. The van der Waals surface area contributed by atoms with Gasteiger partial charge in [-0.05, 0) is 31.0 Å². The van der Waals surface area contributed by atoms with Crippen molar-refractivity contribution in [3.8, 4) is 0 Å². The summed E-state index contributed by atoms with van der Waals surface area (Å²) in [5.41, 5.74) is 2.69. The number of fused-ring (bicyclic) bond motifs is 1. The first-order chi connectivity index (χ1) is 14.0. The third-order valence-corrected chi connectivity index (χ3v) is 6.67. The Morgan fingerprint density at radius 1 is 1.17 bits per heavy atom. The minimum atomic E-state index is -0.578. The largest absolute Gasteiger partial charge is 0.457 e. The van der Waals surface area contributed by atoms with Gasteiger partial charge in [-0.1, -0.05) is 76.2 Å². The lowest BCUT2D eigenvalue weighted by molar-refractivity contribution is -0.141. The number of hydrogen-bond acceptors (Lipinski definition) is 5. The van der Waals surface area contributed by atoms with Gasteiger partial charge in [0.05, 0.1) is 22.6 Å². The Morgan fingerprint density at radius 2 is 1.86 bits per heavy atom. The molecule has 0 N–H and O–H groups in total. The van der Waals surface area contributed by atoms with Crippen LogP contribution in [-0.2, 0) is 20.9 Å². The molecule has 2 aromatic carbocycles. The Morgan fingerprint density at radius 3 is 2.59 bits per heavy atom. The van der Waals surface area contributed by atoms with Crippen LogP contribution >= 0.6 is 27.7 Å². The van der Waals surface area contributed by atoms with Crippen molar-refractivity contribution in [1.82, 2.24) is 4.90 Å². The van der Waals surface area contributed by atoms with E-state index in [1.165, 1.54) is 11.8 Å². The number of rotatable bonds is 4. The minimum Gasteiger partial charge on any atom is -0.457 e. The van der Waals surface area contributed by atoms with Crippen LogP contribution < -0.4 is 0 Å². The number of esters is 1. The number of nitrogens with zero attached hydrogens (tertiary/aromatic N) is 2. The van der Waals surface area contributed by atoms with Crippen molar-refractivity contribution in [2.75, 3.05) is 0 Å². The van der Waals surface area contributed by atoms with Gasteiger partial charge in [-0.15, -0.1) is 0 Å². The standard InChI is InChI=1S/C22H19BrN2O3S/c1-13-18(21(27)28-12-15-8-4-3-5-9-15)19(16-10-6-7-11-17(16)23)25-20(26)14(2)29-22(25)24-13/h3-11,14,19H,12H2,1-2H3/t14-,19-/m0/s1. The molecule has 0 unspecified atom stereocenters. The Hall–Kier alpha value is -2.38. The molecule has 29 heavy (non-hydrogen) atoms. The van der Waals surface area contributed by atoms with Gasteiger partial charge >= 0.3 is 5.97 Å². The van der Waals surface area contributed by atoms with Crippen LogP contribution in [0.4, 0.5) is 0 Å². The van der Waals surface area contributed by atoms with Crippen molar-refractivity contribution in [2.24, 2.45) is 4.99 Å². The van der Waals surface area contributed by atoms with E-state index < -0.39 is 12.0 Å². The van der Waals surface area contributed by atoms with Gasteiger partial charge < -0.3 is 4.74 Å². The van der Waals surface area contributed by atoms with Crippen LogP contribution in [0.5, 0.6) is 0 Å². The number of benzene rings is 2. The smallest absolute Gasteiger partial charge is 0.338 e. The third-order valence-electron chi connectivity index (χ3n) is 4.89. The molecule has 1 amide bonds. The van der Waals surface area contributed by atoms with Gasteiger partial charge in [0, 0.05) is 4.47 Å². The number of halogens is 1. The molecule has 0 aromatic heterocycles. The highest BCUT2D eigenvalue weighted by atomic mass is 79.9. The molecule has 7 heteroatoms. The number of carbonyl (C=O) groups is 2. The van der Waals surface area contributed by atoms with Crippen molar-refractivity contribution in [1.29, 1.82) is 0 Å². The Bertz CT molecular complexity index is 1040. The first-order valence-corrected chi connectivity index (χ1v) is 10.9. The molecule has 2 heterocycles. The predicted octanol–water partition coefficient (Wildman–Crippen LogP) is 4.84. The highest BCUT2D eigenvalue weighted by molar-refractivity contribution is 9.10. The molecule has 5 nitrogen and oxygen atoms in total. The van der Waals surface area contributed by atoms with Crippen LogP contribution in [0.25, 0.3) is 0 Å². The van der Waals surface area contributed by atoms with E-state index in [1.54, 1.807) is 11.8 Å². The van der Waals surface area contributed by atoms with Crippen molar-refractivity contribution in [3.63, 3.8) is 0 Å². The van der Waals surface area contributed by atoms with Gasteiger partial charge in [0.25, 0.3) is 0 Å². The molecule has 1 fully saturated rings. The average molecular weight is 471 g/mol. The maximum absolute atomic E-state index is 13.1. The molecular formula is C22H19BrN2O3S. The fraction of sp³-hybridized carbons (Fsp3) is 0.227. The predicted molar refractivity (Wildman–Crippen MR) is 117 cm³/mol. The van der Waals surface area contributed by atoms with Crippen LogP contribution in [0.1, 0.15) is 31.0 Å². The van der Waals surface area contributed by atoms with E-state index in [1.807, 2.05) is 61.5 Å². The van der Waals surface area contributed by atoms with E-state index >= 15 is 0 Å². The quantitative estimate of drug-likeness (QED) is 0.599. The third kappa shape index (κ3) is 3.76. The lowest BCUT2D eigenvalue weighted by atomic mass is 9.94. The molecule has 0 aliphatic carbocycles. The maximum Gasteiger partial charge on any atom is 0.338 e. The number of ether oxygens (including phenoxy) is 1. The summed E-state index contributed by atoms with van der Waals surface area (Å²) in [6.45, 7) is 3.81. The average Bonchev–Trinajstić information content (AvgIpc) is 3.00. The summed E-state index contributed by atoms with van der Waals surface area (Å²) >= 11 is 4.99. The molecular weight excluding hydrogens is 452 g/mol. The summed E-state index contributed by atoms with van der Waals surface area (Å²) < 4.78 is 6.44. The summed E-state index contributed by atoms with van der Waals surface area (Å²) in [7, 11) is 0. The van der Waals surface area contributed by atoms with Gasteiger partial charge in [-0.2, -0.15) is 0 Å². The summed E-state index contributed by atoms with van der Waals surface area (Å²) in [6.07, 6.45) is 0. The highest BCUT2D eigenvalue weighted by Gasteiger charge is 2.46. The normalized spacial score (nSPS) is 21.1. The van der Waals surface area contributed by atoms with Crippen LogP contribution in [0, 0.1) is 0 Å². The summed E-state index contributed by atoms with van der Waals surface area (Å²) in [5.74, 6) is -0.525. The fourth-order valence-electron chi connectivity index (χ4n) is 3.46. The molecule has 2 atom stereocenters. The summed E-state index contributed by atoms with van der Waals surface area (Å²) in [4.78, 5) is 32.2. The van der Waals surface area contributed by atoms with Crippen molar-refractivity contribution < 1.29 is 14.3 Å². The van der Waals surface area contributed by atoms with E-state index in [4.69, 9.17) is 4.74 Å². The van der Waals surface area contributed by atoms with Crippen LogP contribution in [0.15, 0.2) is 75.3 Å². The van der Waals surface area contributed by atoms with E-state index in [2.05, 4.69) is 20.9 Å². The van der Waals surface area contributed by atoms with Crippen LogP contribution in [0.2, 0.25) is 0 Å². The lowest BCUT2D eigenvalue weighted by Gasteiger charge is -2.33. The zero-order chi connectivity index (χ0) is 20.5. The first kappa shape index (κ1) is 19.9. The monoisotopic (exact) mass is 470 g/mol. The van der Waals surface area contributed by atoms with Gasteiger partial charge in [0.2, 0.25) is 5.91 Å². The maximum atomic E-state index is 13.1. The second-order valence-electron chi connectivity index (χ2n) is 6.85. The number of carbonyl (C=O) groups excluding carboxylic acids is 2. The molecule has 148 valence electrons. The van der Waals surface area contributed by atoms with E-state index in [0.717, 1.165) is 15.6 Å². The van der Waals surface area contributed by atoms with Gasteiger partial charge in [0.15, 0.2) is 5.17 Å². The van der Waals surface area contributed by atoms with Crippen LogP contribution in [0.3, 0.4) is 0 Å². The van der Waals surface area contributed by atoms with Crippen LogP contribution in [-0.4, -0.2) is 27.2 Å². The Labute approximate surface area is 182 Å². The lowest BCUT2D eigenvalue weighted by Crippen LogP contribution is -2.40. The molecule has 1 saturated heterocycles. The zero-order valence-electron chi connectivity index (χ0n) is 16.0. The molecule has 0 spiro atoms. The number of allylic oxidation sites excluding steroid dienone is 1. The summed E-state index contributed by atoms with van der Waals surface area (Å²) in [6, 6.07) is 16.5. The second kappa shape index (κ2) is 8.16. The number of thioether (sulfide) groups is 1. The van der Waals surface area contributed by atoms with Crippen molar-refractivity contribution in [2.45, 2.75) is 31.7 Å². The molecule has 2 aliphatic rings. The Kier molecular flexibility index (Phi) is 5.61.